The Bertz CT molecular complexity index is 695. The Balaban J connectivity index is 2.38. The molecule has 40 heavy (non-hydrogen) atoms. The van der Waals surface area contributed by atoms with E-state index < -0.39 is 63.1 Å². The lowest BCUT2D eigenvalue weighted by atomic mass is 9.85. The summed E-state index contributed by atoms with van der Waals surface area (Å²) in [5.41, 5.74) is 0. The number of hydrogen-bond donors (Lipinski definition) is 6. The zero-order valence-electron chi connectivity index (χ0n) is 24.1. The number of ether oxygens (including phenoxy) is 2. The molecule has 8 atom stereocenters. The van der Waals surface area contributed by atoms with Gasteiger partial charge in [0, 0.05) is 13.0 Å². The van der Waals surface area contributed by atoms with Crippen LogP contribution < -0.4 is 0 Å². The lowest BCUT2D eigenvalue weighted by molar-refractivity contribution is -0.220. The van der Waals surface area contributed by atoms with Crippen molar-refractivity contribution in [3.8, 4) is 0 Å². The van der Waals surface area contributed by atoms with Crippen LogP contribution in [0, 0.1) is 0 Å². The Morgan fingerprint density at radius 1 is 0.700 bits per heavy atom. The molecule has 0 amide bonds. The molecule has 13 heteroatoms. The van der Waals surface area contributed by atoms with Crippen LogP contribution in [0.5, 0.6) is 0 Å². The van der Waals surface area contributed by atoms with Crippen LogP contribution in [0.15, 0.2) is 0 Å². The summed E-state index contributed by atoms with van der Waals surface area (Å²) in [5, 5.41) is 49.3. The Hall–Kier alpha value is -0.660. The van der Waals surface area contributed by atoms with Crippen LogP contribution in [0.4, 0.5) is 0 Å². The average Bonchev–Trinajstić information content (AvgIpc) is 2.92. The van der Waals surface area contributed by atoms with Crippen LogP contribution in [0.1, 0.15) is 104 Å². The highest BCUT2D eigenvalue weighted by Gasteiger charge is 2.51. The van der Waals surface area contributed by atoms with Crippen molar-refractivity contribution in [1.82, 2.24) is 0 Å². The molecule has 0 bridgehead atoms. The first-order chi connectivity index (χ1) is 19.0. The third-order valence-electron chi connectivity index (χ3n) is 6.95. The fourth-order valence-corrected chi connectivity index (χ4v) is 5.48. The van der Waals surface area contributed by atoms with Gasteiger partial charge < -0.3 is 39.9 Å². The van der Waals surface area contributed by atoms with E-state index in [9.17, 15) is 39.8 Å². The van der Waals surface area contributed by atoms with Gasteiger partial charge in [0.2, 0.25) is 0 Å². The number of hydrogen-bond acceptors (Lipinski definition) is 11. The Morgan fingerprint density at radius 2 is 1.18 bits per heavy atom. The molecule has 1 rings (SSSR count). The molecule has 0 aromatic carbocycles. The maximum atomic E-state index is 12.5. The number of phosphoric ester groups is 1. The van der Waals surface area contributed by atoms with Crippen LogP contribution in [-0.2, 0) is 27.9 Å². The van der Waals surface area contributed by atoms with E-state index in [0.717, 1.165) is 19.3 Å². The summed E-state index contributed by atoms with van der Waals surface area (Å²) in [6.07, 6.45) is 2.57. The Morgan fingerprint density at radius 3 is 1.68 bits per heavy atom. The van der Waals surface area contributed by atoms with Gasteiger partial charge in [0.1, 0.15) is 42.7 Å². The zero-order valence-corrected chi connectivity index (χ0v) is 25.0. The quantitative estimate of drug-likeness (QED) is 0.0572. The number of carbonyl (C=O) groups is 1. The van der Waals surface area contributed by atoms with E-state index in [4.69, 9.17) is 18.5 Å². The third kappa shape index (κ3) is 15.0. The monoisotopic (exact) mass is 600 g/mol. The van der Waals surface area contributed by atoms with Crippen molar-refractivity contribution in [3.63, 3.8) is 0 Å². The highest BCUT2D eigenvalue weighted by molar-refractivity contribution is 7.47. The summed E-state index contributed by atoms with van der Waals surface area (Å²) in [6, 6.07) is 0. The first kappa shape index (κ1) is 37.4. The summed E-state index contributed by atoms with van der Waals surface area (Å²) in [5.74, 6) is -0.530. The van der Waals surface area contributed by atoms with E-state index >= 15 is 0 Å². The first-order valence-corrected chi connectivity index (χ1v) is 16.4. The molecule has 0 radical (unpaired) electrons. The molecule has 1 aliphatic carbocycles. The molecular weight excluding hydrogens is 547 g/mol. The number of unbranched alkanes of at least 4 members (excludes halogenated alkanes) is 11. The molecule has 12 nitrogen and oxygen atoms in total. The number of aliphatic hydroxyl groups excluding tert-OH is 5. The minimum absolute atomic E-state index is 0.0776. The minimum Gasteiger partial charge on any atom is -0.457 e. The van der Waals surface area contributed by atoms with Gasteiger partial charge >= 0.3 is 13.8 Å². The van der Waals surface area contributed by atoms with E-state index in [1.165, 1.54) is 57.8 Å². The topological polar surface area (TPSA) is 192 Å². The zero-order chi connectivity index (χ0) is 30.0. The van der Waals surface area contributed by atoms with Gasteiger partial charge in [-0.05, 0) is 12.8 Å². The van der Waals surface area contributed by atoms with Gasteiger partial charge in [-0.3, -0.25) is 13.8 Å². The molecule has 0 aromatic heterocycles. The SMILES string of the molecule is CCCCCCCCCCCCCCOC[C@H](COP(=O)(O)OC1C(O)C(O)C(O)[C@@H](O)C1O)OC(=O)CCC. The summed E-state index contributed by atoms with van der Waals surface area (Å²) in [6.45, 7) is 3.79. The lowest BCUT2D eigenvalue weighted by Gasteiger charge is -2.41. The fourth-order valence-electron chi connectivity index (χ4n) is 4.51. The lowest BCUT2D eigenvalue weighted by Crippen LogP contribution is -2.64. The molecule has 1 aliphatic rings. The van der Waals surface area contributed by atoms with E-state index in [0.29, 0.717) is 13.0 Å². The maximum absolute atomic E-state index is 12.5. The second kappa shape index (κ2) is 21.1. The number of rotatable bonds is 23. The molecule has 0 aliphatic heterocycles. The van der Waals surface area contributed by atoms with Crippen molar-refractivity contribution < 1.29 is 58.3 Å². The van der Waals surface area contributed by atoms with Crippen molar-refractivity contribution in [1.29, 1.82) is 0 Å². The largest absolute Gasteiger partial charge is 0.472 e. The van der Waals surface area contributed by atoms with Gasteiger partial charge in [-0.15, -0.1) is 0 Å². The average molecular weight is 601 g/mol. The molecule has 6 unspecified atom stereocenters. The second-order valence-corrected chi connectivity index (χ2v) is 12.0. The van der Waals surface area contributed by atoms with Crippen molar-refractivity contribution in [3.05, 3.63) is 0 Å². The highest BCUT2D eigenvalue weighted by Crippen LogP contribution is 2.47. The molecule has 1 fully saturated rings. The van der Waals surface area contributed by atoms with Gasteiger partial charge in [-0.2, -0.15) is 0 Å². The molecule has 0 spiro atoms. The molecule has 0 aromatic rings. The standard InChI is InChI=1S/C27H53O12P/c1-3-5-6-7-8-9-10-11-12-13-14-15-17-36-18-20(38-21(28)16-4-2)19-37-40(34,35)39-27-25(32)23(30)22(29)24(31)26(27)33/h20,22-27,29-33H,3-19H2,1-2H3,(H,34,35)/t20-,22?,23-,24?,25?,26?,27?/m1/s1. The van der Waals surface area contributed by atoms with Crippen molar-refractivity contribution in [2.24, 2.45) is 0 Å². The summed E-state index contributed by atoms with van der Waals surface area (Å²) in [4.78, 5) is 22.1. The first-order valence-electron chi connectivity index (χ1n) is 14.9. The van der Waals surface area contributed by atoms with Crippen molar-refractivity contribution >= 4 is 13.8 Å². The Kier molecular flexibility index (Phi) is 19.7. The summed E-state index contributed by atoms with van der Waals surface area (Å²) >= 11 is 0. The molecule has 1 saturated carbocycles. The molecule has 238 valence electrons. The number of carbonyl (C=O) groups excluding carboxylic acids is 1. The van der Waals surface area contributed by atoms with Gasteiger partial charge in [0.25, 0.3) is 0 Å². The van der Waals surface area contributed by atoms with Gasteiger partial charge in [-0.1, -0.05) is 84.5 Å². The van der Waals surface area contributed by atoms with E-state index in [1.54, 1.807) is 6.92 Å². The van der Waals surface area contributed by atoms with E-state index in [2.05, 4.69) is 6.92 Å². The molecular formula is C27H53O12P. The maximum Gasteiger partial charge on any atom is 0.472 e. The molecule has 0 saturated heterocycles. The smallest absolute Gasteiger partial charge is 0.457 e. The molecule has 6 N–H and O–H groups in total. The summed E-state index contributed by atoms with van der Waals surface area (Å²) < 4.78 is 33.1. The Labute approximate surface area is 238 Å². The minimum atomic E-state index is -4.97. The van der Waals surface area contributed by atoms with Gasteiger partial charge in [-0.25, -0.2) is 4.57 Å². The normalized spacial score (nSPS) is 27.3. The summed E-state index contributed by atoms with van der Waals surface area (Å²) in [7, 11) is -4.97. The predicted octanol–water partition coefficient (Wildman–Crippen LogP) is 2.74. The predicted molar refractivity (Wildman–Crippen MR) is 147 cm³/mol. The van der Waals surface area contributed by atoms with E-state index in [1.807, 2.05) is 0 Å². The van der Waals surface area contributed by atoms with Crippen LogP contribution >= 0.6 is 7.82 Å². The van der Waals surface area contributed by atoms with Crippen molar-refractivity contribution in [2.75, 3.05) is 19.8 Å². The van der Waals surface area contributed by atoms with Crippen LogP contribution in [0.25, 0.3) is 0 Å². The fraction of sp³-hybridized carbons (Fsp3) is 0.963. The van der Waals surface area contributed by atoms with Crippen LogP contribution in [-0.4, -0.2) is 98.9 Å². The van der Waals surface area contributed by atoms with Gasteiger partial charge in [0.15, 0.2) is 0 Å². The number of aliphatic hydroxyl groups is 5. The van der Waals surface area contributed by atoms with Crippen LogP contribution in [0.2, 0.25) is 0 Å². The molecule has 0 heterocycles. The highest BCUT2D eigenvalue weighted by atomic mass is 31.2. The van der Waals surface area contributed by atoms with E-state index in [-0.39, 0.29) is 13.0 Å². The van der Waals surface area contributed by atoms with Crippen LogP contribution in [0.3, 0.4) is 0 Å². The van der Waals surface area contributed by atoms with Crippen molar-refractivity contribution in [2.45, 2.75) is 146 Å². The number of phosphoric acid groups is 1. The number of esters is 1. The second-order valence-electron chi connectivity index (χ2n) is 10.6. The third-order valence-corrected chi connectivity index (χ3v) is 7.93. The van der Waals surface area contributed by atoms with Gasteiger partial charge in [0.05, 0.1) is 13.2 Å².